The average Bonchev–Trinajstić information content (AvgIpc) is 3.36. The van der Waals surface area contributed by atoms with Crippen LogP contribution in [-0.4, -0.2) is 29.8 Å². The summed E-state index contributed by atoms with van der Waals surface area (Å²) in [7, 11) is 0. The lowest BCUT2D eigenvalue weighted by Crippen LogP contribution is -2.26. The van der Waals surface area contributed by atoms with Gasteiger partial charge in [-0.1, -0.05) is 0 Å². The normalized spacial score (nSPS) is 14.5. The molecular weight excluding hydrogens is 328 g/mol. The van der Waals surface area contributed by atoms with Gasteiger partial charge in [0, 0.05) is 23.1 Å². The first-order valence-corrected chi connectivity index (χ1v) is 8.27. The number of rotatable bonds is 2. The Balaban J connectivity index is 1.85. The third-order valence-electron chi connectivity index (χ3n) is 4.04. The van der Waals surface area contributed by atoms with Crippen LogP contribution in [0.1, 0.15) is 24.5 Å². The maximum absolute atomic E-state index is 11.7. The first kappa shape index (κ1) is 13.5. The Morgan fingerprint density at radius 1 is 1.25 bits per heavy atom. The summed E-state index contributed by atoms with van der Waals surface area (Å²) in [5.41, 5.74) is 1.73. The van der Waals surface area contributed by atoms with Crippen LogP contribution in [-0.2, 0) is 0 Å². The van der Waals surface area contributed by atoms with Gasteiger partial charge in [-0.25, -0.2) is 14.5 Å². The summed E-state index contributed by atoms with van der Waals surface area (Å²) >= 11 is 0.775. The van der Waals surface area contributed by atoms with Gasteiger partial charge in [-0.3, -0.25) is 14.7 Å². The Hall–Kier alpha value is -2.94. The smallest absolute Gasteiger partial charge is 0.271 e. The maximum atomic E-state index is 11.7. The maximum Gasteiger partial charge on any atom is 0.321 e. The molecule has 0 spiro atoms. The SMILES string of the molecule is O=c1[nH]n2c(-c3cc4cccnc4nc3C3CC3)nnc2sc1=O. The zero-order valence-electron chi connectivity index (χ0n) is 12.3. The standard InChI is InChI=1S/C15H10N6O2S/c22-13-14(23)24-15-19-18-12(21(15)20-13)9-6-8-2-1-5-16-11(8)17-10(9)7-3-4-7/h1-2,5-7H,3-4H2,(H,20,22). The van der Waals surface area contributed by atoms with Crippen LogP contribution in [0.25, 0.3) is 27.4 Å². The van der Waals surface area contributed by atoms with Gasteiger partial charge in [-0.05, 0) is 42.4 Å². The first-order valence-electron chi connectivity index (χ1n) is 7.45. The summed E-state index contributed by atoms with van der Waals surface area (Å²) in [5.74, 6) is 0.853. The van der Waals surface area contributed by atoms with E-state index in [1.807, 2.05) is 18.2 Å². The van der Waals surface area contributed by atoms with Crippen molar-refractivity contribution in [3.63, 3.8) is 0 Å². The van der Waals surface area contributed by atoms with Gasteiger partial charge < -0.3 is 0 Å². The van der Waals surface area contributed by atoms with Crippen LogP contribution >= 0.6 is 11.3 Å². The molecule has 118 valence electrons. The molecule has 0 aliphatic heterocycles. The van der Waals surface area contributed by atoms with Crippen molar-refractivity contribution < 1.29 is 0 Å². The number of aromatic nitrogens is 6. The van der Waals surface area contributed by atoms with Gasteiger partial charge in [0.15, 0.2) is 11.5 Å². The minimum atomic E-state index is -0.683. The molecule has 5 rings (SSSR count). The number of H-pyrrole nitrogens is 1. The summed E-state index contributed by atoms with van der Waals surface area (Å²) in [5, 5.41) is 11.6. The van der Waals surface area contributed by atoms with Crippen molar-refractivity contribution in [2.45, 2.75) is 18.8 Å². The summed E-state index contributed by atoms with van der Waals surface area (Å²) in [6, 6.07) is 5.74. The van der Waals surface area contributed by atoms with Crippen LogP contribution in [0.15, 0.2) is 34.0 Å². The molecule has 0 amide bonds. The zero-order chi connectivity index (χ0) is 16.3. The predicted octanol–water partition coefficient (Wildman–Crippen LogP) is 1.33. The molecule has 1 N–H and O–H groups in total. The van der Waals surface area contributed by atoms with Crippen LogP contribution in [0.4, 0.5) is 0 Å². The van der Waals surface area contributed by atoms with Gasteiger partial charge in [-0.15, -0.1) is 10.2 Å². The monoisotopic (exact) mass is 338 g/mol. The molecule has 0 bridgehead atoms. The van der Waals surface area contributed by atoms with E-state index in [9.17, 15) is 9.59 Å². The van der Waals surface area contributed by atoms with E-state index >= 15 is 0 Å². The minimum Gasteiger partial charge on any atom is -0.271 e. The highest BCUT2D eigenvalue weighted by atomic mass is 32.1. The van der Waals surface area contributed by atoms with E-state index in [-0.39, 0.29) is 0 Å². The van der Waals surface area contributed by atoms with Crippen molar-refractivity contribution >= 4 is 27.3 Å². The molecule has 1 aliphatic rings. The molecule has 4 aromatic rings. The Morgan fingerprint density at radius 3 is 2.96 bits per heavy atom. The van der Waals surface area contributed by atoms with E-state index in [0.29, 0.717) is 22.4 Å². The van der Waals surface area contributed by atoms with Crippen molar-refractivity contribution in [3.05, 3.63) is 50.0 Å². The first-order chi connectivity index (χ1) is 11.7. The highest BCUT2D eigenvalue weighted by Crippen LogP contribution is 2.43. The van der Waals surface area contributed by atoms with Gasteiger partial charge in [0.1, 0.15) is 0 Å². The van der Waals surface area contributed by atoms with Crippen LogP contribution in [0, 0.1) is 0 Å². The molecular formula is C15H10N6O2S. The van der Waals surface area contributed by atoms with E-state index in [2.05, 4.69) is 20.3 Å². The lowest BCUT2D eigenvalue weighted by molar-refractivity contribution is 0.905. The molecule has 0 radical (unpaired) electrons. The number of nitrogens with one attached hydrogen (secondary N) is 1. The van der Waals surface area contributed by atoms with Crippen molar-refractivity contribution in [2.75, 3.05) is 0 Å². The molecule has 9 heteroatoms. The lowest BCUT2D eigenvalue weighted by Gasteiger charge is -2.08. The number of hydrogen-bond donors (Lipinski definition) is 1. The van der Waals surface area contributed by atoms with Gasteiger partial charge in [0.2, 0.25) is 4.96 Å². The Kier molecular flexibility index (Phi) is 2.69. The topological polar surface area (TPSA) is 106 Å². The van der Waals surface area contributed by atoms with Crippen LogP contribution in [0.5, 0.6) is 0 Å². The van der Waals surface area contributed by atoms with E-state index in [1.165, 1.54) is 4.52 Å². The lowest BCUT2D eigenvalue weighted by atomic mass is 10.1. The molecule has 1 saturated carbocycles. The number of hydrogen-bond acceptors (Lipinski definition) is 7. The average molecular weight is 338 g/mol. The summed E-state index contributed by atoms with van der Waals surface area (Å²) in [6.07, 6.45) is 3.85. The van der Waals surface area contributed by atoms with Gasteiger partial charge in [-0.2, -0.15) is 0 Å². The number of aromatic amines is 1. The molecule has 8 nitrogen and oxygen atoms in total. The largest absolute Gasteiger partial charge is 0.321 e. The molecule has 0 aromatic carbocycles. The highest BCUT2D eigenvalue weighted by molar-refractivity contribution is 7.14. The predicted molar refractivity (Wildman–Crippen MR) is 88.3 cm³/mol. The van der Waals surface area contributed by atoms with E-state index in [4.69, 9.17) is 4.98 Å². The second-order valence-corrected chi connectivity index (χ2v) is 6.66. The fourth-order valence-corrected chi connectivity index (χ4v) is 3.36. The van der Waals surface area contributed by atoms with E-state index in [1.54, 1.807) is 6.20 Å². The number of pyridine rings is 2. The number of fused-ring (bicyclic) bond motifs is 2. The van der Waals surface area contributed by atoms with E-state index < -0.39 is 10.3 Å². The zero-order valence-corrected chi connectivity index (χ0v) is 13.1. The van der Waals surface area contributed by atoms with Gasteiger partial charge in [0.25, 0.3) is 0 Å². The quantitative estimate of drug-likeness (QED) is 0.553. The second-order valence-electron chi connectivity index (χ2n) is 5.72. The number of nitrogens with zero attached hydrogens (tertiary/aromatic N) is 5. The Morgan fingerprint density at radius 2 is 2.12 bits per heavy atom. The molecule has 0 atom stereocenters. The summed E-state index contributed by atoms with van der Waals surface area (Å²) < 4.78 is 0.865. The van der Waals surface area contributed by atoms with Gasteiger partial charge in [0.05, 0.1) is 5.69 Å². The molecule has 0 unspecified atom stereocenters. The minimum absolute atomic E-state index is 0.350. The van der Waals surface area contributed by atoms with Crippen LogP contribution in [0.2, 0.25) is 0 Å². The van der Waals surface area contributed by atoms with Gasteiger partial charge >= 0.3 is 10.3 Å². The Labute approximate surface area is 137 Å². The fraction of sp³-hybridized carbons (Fsp3) is 0.200. The molecule has 1 fully saturated rings. The Bertz CT molecular complexity index is 1220. The second kappa shape index (κ2) is 4.78. The molecule has 1 aliphatic carbocycles. The highest BCUT2D eigenvalue weighted by Gasteiger charge is 2.30. The van der Waals surface area contributed by atoms with Crippen molar-refractivity contribution in [2.24, 2.45) is 0 Å². The molecule has 24 heavy (non-hydrogen) atoms. The molecule has 4 heterocycles. The summed E-state index contributed by atoms with van der Waals surface area (Å²) in [6.45, 7) is 0. The summed E-state index contributed by atoms with van der Waals surface area (Å²) in [4.78, 5) is 32.6. The van der Waals surface area contributed by atoms with Crippen LogP contribution in [0.3, 0.4) is 0 Å². The molecule has 4 aromatic heterocycles. The molecule has 0 saturated heterocycles. The van der Waals surface area contributed by atoms with Crippen molar-refractivity contribution in [1.29, 1.82) is 0 Å². The van der Waals surface area contributed by atoms with Crippen molar-refractivity contribution in [3.8, 4) is 11.4 Å². The third kappa shape index (κ3) is 1.98. The fourth-order valence-electron chi connectivity index (χ4n) is 2.75. The van der Waals surface area contributed by atoms with Crippen LogP contribution < -0.4 is 10.3 Å². The van der Waals surface area contributed by atoms with E-state index in [0.717, 1.165) is 40.8 Å². The third-order valence-corrected chi connectivity index (χ3v) is 4.86. The van der Waals surface area contributed by atoms with Crippen molar-refractivity contribution in [1.82, 2.24) is 29.8 Å².